The Hall–Kier alpha value is -5.30. The summed E-state index contributed by atoms with van der Waals surface area (Å²) < 4.78 is 58.3. The molecule has 1 atom stereocenters. The van der Waals surface area contributed by atoms with Gasteiger partial charge in [0, 0.05) is 49.5 Å². The summed E-state index contributed by atoms with van der Waals surface area (Å²) in [5.41, 5.74) is 1.22. The Morgan fingerprint density at radius 1 is 1.02 bits per heavy atom. The number of pyridine rings is 2. The summed E-state index contributed by atoms with van der Waals surface area (Å²) in [6.45, 7) is 4.75. The maximum atomic E-state index is 15.5. The van der Waals surface area contributed by atoms with E-state index in [0.717, 1.165) is 24.6 Å². The van der Waals surface area contributed by atoms with Crippen molar-refractivity contribution in [2.75, 3.05) is 13.7 Å². The van der Waals surface area contributed by atoms with Crippen molar-refractivity contribution < 1.29 is 37.3 Å². The van der Waals surface area contributed by atoms with Crippen LogP contribution in [0.15, 0.2) is 60.8 Å². The summed E-state index contributed by atoms with van der Waals surface area (Å²) in [7, 11) is 1.41. The second kappa shape index (κ2) is 14.4. The first-order chi connectivity index (χ1) is 22.7. The van der Waals surface area contributed by atoms with Crippen molar-refractivity contribution in [2.24, 2.45) is 0 Å². The van der Waals surface area contributed by atoms with Crippen LogP contribution in [0, 0.1) is 17.5 Å². The number of aromatic nitrogens is 4. The number of fused-ring (bicyclic) bond motifs is 1. The Balaban J connectivity index is 0.00000213. The zero-order chi connectivity index (χ0) is 33.7. The van der Waals surface area contributed by atoms with Gasteiger partial charge in [0.1, 0.15) is 35.6 Å². The fraction of sp³-hybridized carbons (Fsp3) is 0.265. The highest BCUT2D eigenvalue weighted by Crippen LogP contribution is 2.29. The van der Waals surface area contributed by atoms with Gasteiger partial charge in [-0.2, -0.15) is 0 Å². The van der Waals surface area contributed by atoms with E-state index >= 15 is 8.78 Å². The van der Waals surface area contributed by atoms with Crippen LogP contribution in [0.2, 0.25) is 0 Å². The zero-order valence-corrected chi connectivity index (χ0v) is 25.9. The van der Waals surface area contributed by atoms with E-state index in [-0.39, 0.29) is 58.7 Å². The fourth-order valence-corrected chi connectivity index (χ4v) is 4.98. The highest BCUT2D eigenvalue weighted by molar-refractivity contribution is 5.93. The predicted molar refractivity (Wildman–Crippen MR) is 167 cm³/mol. The molecule has 5 aromatic rings. The summed E-state index contributed by atoms with van der Waals surface area (Å²) in [4.78, 5) is 36.0. The lowest BCUT2D eigenvalue weighted by atomic mass is 10.0. The van der Waals surface area contributed by atoms with Crippen LogP contribution in [0.25, 0.3) is 22.3 Å². The van der Waals surface area contributed by atoms with Crippen LogP contribution in [-0.2, 0) is 24.3 Å². The number of halogens is 3. The molecule has 10 nitrogen and oxygen atoms in total. The number of benzene rings is 2. The molecule has 1 amide bonds. The van der Waals surface area contributed by atoms with Gasteiger partial charge in [-0.25, -0.2) is 27.9 Å². The summed E-state index contributed by atoms with van der Waals surface area (Å²) in [6.07, 6.45) is 1.85. The third kappa shape index (κ3) is 7.25. The standard InChI is InChI=1S/C32H26F3N5O5.C2H6/c1-36-31(41)27-13-23(34)19(14-37-27)16-45-30-4-2-3-25(39-30)21-12-22(33)18(9-24(21)35)11-29-38-26-6-5-17(32(42)43)10-28(26)40(29)15-20-7-8-44-20;1-2/h2-6,9-10,12-14,20H,7-8,11,15-16H2,1H3,(H,36,41)(H,42,43);1-2H3. The van der Waals surface area contributed by atoms with E-state index in [1.807, 2.05) is 13.8 Å². The molecule has 2 aromatic carbocycles. The molecule has 244 valence electrons. The Labute approximate surface area is 268 Å². The minimum absolute atomic E-state index is 0.0406. The van der Waals surface area contributed by atoms with E-state index in [1.165, 1.54) is 37.5 Å². The molecule has 0 radical (unpaired) electrons. The number of aromatic carboxylic acids is 1. The van der Waals surface area contributed by atoms with Gasteiger partial charge in [-0.15, -0.1) is 0 Å². The van der Waals surface area contributed by atoms with Crippen LogP contribution in [0.5, 0.6) is 5.88 Å². The second-order valence-electron chi connectivity index (χ2n) is 10.4. The predicted octanol–water partition coefficient (Wildman–Crippen LogP) is 5.95. The molecule has 2 N–H and O–H groups in total. The van der Waals surface area contributed by atoms with Gasteiger partial charge in [0.05, 0.1) is 34.9 Å². The highest BCUT2D eigenvalue weighted by Gasteiger charge is 2.24. The Bertz CT molecular complexity index is 1940. The lowest BCUT2D eigenvalue weighted by molar-refractivity contribution is -0.0589. The summed E-state index contributed by atoms with van der Waals surface area (Å²) >= 11 is 0. The molecule has 4 heterocycles. The maximum absolute atomic E-state index is 15.5. The molecule has 1 unspecified atom stereocenters. The van der Waals surface area contributed by atoms with Crippen molar-refractivity contribution in [2.45, 2.75) is 45.9 Å². The normalized spacial score (nSPS) is 13.8. The molecule has 13 heteroatoms. The summed E-state index contributed by atoms with van der Waals surface area (Å²) in [5, 5.41) is 11.8. The second-order valence-corrected chi connectivity index (χ2v) is 10.4. The van der Waals surface area contributed by atoms with Gasteiger partial charge in [-0.05, 0) is 48.4 Å². The molecule has 6 rings (SSSR count). The number of amides is 1. The number of nitrogens with one attached hydrogen (secondary N) is 1. The van der Waals surface area contributed by atoms with Gasteiger partial charge in [-0.3, -0.25) is 9.78 Å². The molecule has 0 spiro atoms. The number of rotatable bonds is 10. The van der Waals surface area contributed by atoms with Crippen molar-refractivity contribution >= 4 is 22.9 Å². The number of ether oxygens (including phenoxy) is 2. The molecule has 1 fully saturated rings. The smallest absolute Gasteiger partial charge is 0.335 e. The first-order valence-corrected chi connectivity index (χ1v) is 15.0. The van der Waals surface area contributed by atoms with Crippen LogP contribution in [-0.4, -0.2) is 56.3 Å². The number of carboxylic acid groups (broad SMARTS) is 1. The van der Waals surface area contributed by atoms with E-state index in [0.29, 0.717) is 30.0 Å². The SMILES string of the molecule is CC.CNC(=O)c1cc(F)c(COc2cccc(-c3cc(F)c(Cc4nc5ccc(C(=O)O)cc5n4CC4CCO4)cc3F)n2)cn1. The van der Waals surface area contributed by atoms with Crippen molar-refractivity contribution in [1.82, 2.24) is 24.8 Å². The van der Waals surface area contributed by atoms with Gasteiger partial charge in [0.15, 0.2) is 0 Å². The van der Waals surface area contributed by atoms with E-state index in [4.69, 9.17) is 9.47 Å². The van der Waals surface area contributed by atoms with Crippen molar-refractivity contribution in [3.8, 4) is 17.1 Å². The van der Waals surface area contributed by atoms with Gasteiger partial charge >= 0.3 is 5.97 Å². The van der Waals surface area contributed by atoms with Gasteiger partial charge in [-0.1, -0.05) is 19.9 Å². The average molecular weight is 648 g/mol. The van der Waals surface area contributed by atoms with E-state index < -0.39 is 29.3 Å². The Kier molecular flexibility index (Phi) is 10.1. The van der Waals surface area contributed by atoms with E-state index in [2.05, 4.69) is 20.3 Å². The number of hydrogen-bond acceptors (Lipinski definition) is 7. The number of carbonyl (C=O) groups is 2. The third-order valence-electron chi connectivity index (χ3n) is 7.50. The topological polar surface area (TPSA) is 128 Å². The van der Waals surface area contributed by atoms with Crippen LogP contribution in [0.3, 0.4) is 0 Å². The zero-order valence-electron chi connectivity index (χ0n) is 25.9. The number of nitrogens with zero attached hydrogens (tertiary/aromatic N) is 4. The lowest BCUT2D eigenvalue weighted by Gasteiger charge is -2.27. The molecule has 0 saturated carbocycles. The molecular weight excluding hydrogens is 615 g/mol. The van der Waals surface area contributed by atoms with Crippen molar-refractivity contribution in [3.05, 3.63) is 106 Å². The molecule has 1 aliphatic heterocycles. The van der Waals surface area contributed by atoms with Crippen LogP contribution in [0.4, 0.5) is 13.2 Å². The van der Waals surface area contributed by atoms with Gasteiger partial charge in [0.25, 0.3) is 5.91 Å². The van der Waals surface area contributed by atoms with E-state index in [9.17, 15) is 19.1 Å². The highest BCUT2D eigenvalue weighted by atomic mass is 19.1. The van der Waals surface area contributed by atoms with E-state index in [1.54, 1.807) is 16.7 Å². The molecule has 0 bridgehead atoms. The fourth-order valence-electron chi connectivity index (χ4n) is 4.98. The first kappa shape index (κ1) is 33.1. The first-order valence-electron chi connectivity index (χ1n) is 15.0. The van der Waals surface area contributed by atoms with Gasteiger partial charge in [0.2, 0.25) is 5.88 Å². The Morgan fingerprint density at radius 3 is 2.47 bits per heavy atom. The van der Waals surface area contributed by atoms with Crippen molar-refractivity contribution in [3.63, 3.8) is 0 Å². The largest absolute Gasteiger partial charge is 0.478 e. The molecule has 0 aliphatic carbocycles. The summed E-state index contributed by atoms with van der Waals surface area (Å²) in [5.74, 6) is -3.25. The average Bonchev–Trinajstić information content (AvgIpc) is 3.40. The third-order valence-corrected chi connectivity index (χ3v) is 7.50. The minimum Gasteiger partial charge on any atom is -0.478 e. The lowest BCUT2D eigenvalue weighted by Crippen LogP contribution is -2.31. The maximum Gasteiger partial charge on any atom is 0.335 e. The van der Waals surface area contributed by atoms with Crippen LogP contribution >= 0.6 is 0 Å². The number of imidazole rings is 1. The van der Waals surface area contributed by atoms with Gasteiger partial charge < -0.3 is 24.5 Å². The summed E-state index contributed by atoms with van der Waals surface area (Å²) in [6, 6.07) is 12.2. The monoisotopic (exact) mass is 647 g/mol. The quantitative estimate of drug-likeness (QED) is 0.190. The minimum atomic E-state index is -1.08. The molecule has 47 heavy (non-hydrogen) atoms. The molecule has 1 aliphatic rings. The number of carboxylic acids is 1. The Morgan fingerprint density at radius 2 is 1.79 bits per heavy atom. The number of carbonyl (C=O) groups excluding carboxylic acids is 1. The van der Waals surface area contributed by atoms with Crippen LogP contribution in [0.1, 0.15) is 58.1 Å². The molecular formula is C34H32F3N5O5. The van der Waals surface area contributed by atoms with Crippen LogP contribution < -0.4 is 10.1 Å². The molecule has 3 aromatic heterocycles. The molecule has 1 saturated heterocycles. The van der Waals surface area contributed by atoms with Crippen molar-refractivity contribution in [1.29, 1.82) is 0 Å². The number of hydrogen-bond donors (Lipinski definition) is 2.